The predicted molar refractivity (Wildman–Crippen MR) is 75.9 cm³/mol. The number of alkyl halides is 2. The van der Waals surface area contributed by atoms with E-state index in [2.05, 4.69) is 31.9 Å². The number of nitrogens with two attached hydrogens (primary N) is 1. The summed E-state index contributed by atoms with van der Waals surface area (Å²) in [6.07, 6.45) is -1.23. The van der Waals surface area contributed by atoms with Gasteiger partial charge < -0.3 is 10.8 Å². The van der Waals surface area contributed by atoms with Crippen molar-refractivity contribution in [2.75, 3.05) is 11.5 Å². The van der Waals surface area contributed by atoms with Gasteiger partial charge in [-0.1, -0.05) is 50.9 Å². The summed E-state index contributed by atoms with van der Waals surface area (Å²) in [6.45, 7) is 1.52. The van der Waals surface area contributed by atoms with Crippen LogP contribution in [0.2, 0.25) is 0 Å². The van der Waals surface area contributed by atoms with Gasteiger partial charge in [0.05, 0.1) is 0 Å². The summed E-state index contributed by atoms with van der Waals surface area (Å²) in [7, 11) is -3.50. The Morgan fingerprint density at radius 2 is 1.82 bits per heavy atom. The van der Waals surface area contributed by atoms with E-state index in [0.29, 0.717) is 11.3 Å². The summed E-state index contributed by atoms with van der Waals surface area (Å²) in [6, 6.07) is 6.38. The van der Waals surface area contributed by atoms with E-state index < -0.39 is 18.5 Å². The molecule has 0 saturated heterocycles. The minimum Gasteiger partial charge on any atom is -0.399 e. The summed E-state index contributed by atoms with van der Waals surface area (Å²) >= 11 is 6.06. The maximum atomic E-state index is 11.8. The number of nitrogen functional groups attached to an aromatic ring is 1. The highest BCUT2D eigenvalue weighted by Gasteiger charge is 2.45. The van der Waals surface area contributed by atoms with Gasteiger partial charge >= 0.3 is 0 Å². The Balaban J connectivity index is 3.12. The molecule has 0 aliphatic rings. The summed E-state index contributed by atoms with van der Waals surface area (Å²) in [4.78, 5) is 0. The van der Waals surface area contributed by atoms with Gasteiger partial charge in [0.1, 0.15) is 6.10 Å². The number of sulfone groups is 1. The molecule has 96 valence electrons. The van der Waals surface area contributed by atoms with Crippen LogP contribution in [0.15, 0.2) is 24.3 Å². The van der Waals surface area contributed by atoms with Crippen LogP contribution in [0.3, 0.4) is 0 Å². The molecule has 1 unspecified atom stereocenters. The van der Waals surface area contributed by atoms with E-state index in [1.807, 2.05) is 0 Å². The highest BCUT2D eigenvalue weighted by atomic mass is 79.9. The van der Waals surface area contributed by atoms with Gasteiger partial charge in [-0.15, -0.1) is 0 Å². The van der Waals surface area contributed by atoms with E-state index in [0.717, 1.165) is 0 Å². The first-order valence-electron chi connectivity index (χ1n) is 4.86. The molecule has 0 saturated carbocycles. The van der Waals surface area contributed by atoms with Crippen LogP contribution in [0.1, 0.15) is 18.6 Å². The maximum absolute atomic E-state index is 11.8. The predicted octanol–water partition coefficient (Wildman–Crippen LogP) is 2.18. The van der Waals surface area contributed by atoms with Gasteiger partial charge in [0.25, 0.3) is 0 Å². The van der Waals surface area contributed by atoms with Crippen molar-refractivity contribution in [1.29, 1.82) is 0 Å². The Kier molecular flexibility index (Phi) is 4.62. The molecule has 3 N–H and O–H groups in total. The quantitative estimate of drug-likeness (QED) is 0.613. The molecule has 1 atom stereocenters. The van der Waals surface area contributed by atoms with Crippen molar-refractivity contribution < 1.29 is 13.5 Å². The van der Waals surface area contributed by atoms with Crippen LogP contribution in [0.5, 0.6) is 0 Å². The van der Waals surface area contributed by atoms with Crippen molar-refractivity contribution >= 4 is 47.4 Å². The van der Waals surface area contributed by atoms with Crippen molar-refractivity contribution in [2.45, 2.75) is 15.6 Å². The molecule has 0 amide bonds. The van der Waals surface area contributed by atoms with Gasteiger partial charge in [-0.2, -0.15) is 0 Å². The van der Waals surface area contributed by atoms with Crippen LogP contribution in [0.4, 0.5) is 5.69 Å². The Morgan fingerprint density at radius 1 is 1.35 bits per heavy atom. The summed E-state index contributed by atoms with van der Waals surface area (Å²) in [5.41, 5.74) is 6.54. The molecule has 1 rings (SSSR count). The number of hydrogen-bond acceptors (Lipinski definition) is 4. The Labute approximate surface area is 117 Å². The number of aliphatic hydroxyl groups is 1. The van der Waals surface area contributed by atoms with E-state index in [1.54, 1.807) is 24.3 Å². The standard InChI is InChI=1S/C10H13Br2NO3S/c1-2-17(15,16)10(11,12)9(14)7-3-5-8(13)6-4-7/h3-6,9,14H,2,13H2,1H3. The van der Waals surface area contributed by atoms with Crippen molar-refractivity contribution in [3.05, 3.63) is 29.8 Å². The van der Waals surface area contributed by atoms with Crippen molar-refractivity contribution in [2.24, 2.45) is 0 Å². The number of anilines is 1. The van der Waals surface area contributed by atoms with Crippen LogP contribution in [0.25, 0.3) is 0 Å². The molecule has 0 fully saturated rings. The Morgan fingerprint density at radius 3 is 2.24 bits per heavy atom. The molecular formula is C10H13Br2NO3S. The topological polar surface area (TPSA) is 80.4 Å². The molecule has 17 heavy (non-hydrogen) atoms. The van der Waals surface area contributed by atoms with Crippen LogP contribution < -0.4 is 5.73 Å². The largest absolute Gasteiger partial charge is 0.399 e. The van der Waals surface area contributed by atoms with Crippen LogP contribution in [-0.2, 0) is 9.84 Å². The second-order valence-corrected chi connectivity index (χ2v) is 10.6. The molecule has 0 spiro atoms. The van der Waals surface area contributed by atoms with Gasteiger partial charge in [0.15, 0.2) is 9.84 Å². The first kappa shape index (κ1) is 14.9. The lowest BCUT2D eigenvalue weighted by molar-refractivity contribution is 0.189. The van der Waals surface area contributed by atoms with Crippen LogP contribution in [-0.4, -0.2) is 21.8 Å². The first-order valence-corrected chi connectivity index (χ1v) is 8.10. The van der Waals surface area contributed by atoms with Crippen molar-refractivity contribution in [3.8, 4) is 0 Å². The fourth-order valence-corrected chi connectivity index (χ4v) is 4.00. The average molecular weight is 387 g/mol. The zero-order chi connectivity index (χ0) is 13.3. The van der Waals surface area contributed by atoms with E-state index >= 15 is 0 Å². The zero-order valence-electron chi connectivity index (χ0n) is 9.10. The molecule has 4 nitrogen and oxygen atoms in total. The van der Waals surface area contributed by atoms with Crippen molar-refractivity contribution in [1.82, 2.24) is 0 Å². The lowest BCUT2D eigenvalue weighted by Crippen LogP contribution is -2.33. The molecule has 0 aliphatic carbocycles. The first-order chi connectivity index (χ1) is 7.72. The number of hydrogen-bond donors (Lipinski definition) is 2. The zero-order valence-corrected chi connectivity index (χ0v) is 13.1. The van der Waals surface area contributed by atoms with Gasteiger partial charge in [0.2, 0.25) is 2.57 Å². The molecule has 1 aromatic rings. The number of halogens is 2. The normalized spacial score (nSPS) is 14.6. The molecule has 0 radical (unpaired) electrons. The minimum absolute atomic E-state index is 0.0878. The smallest absolute Gasteiger partial charge is 0.210 e. The van der Waals surface area contributed by atoms with Gasteiger partial charge in [-0.25, -0.2) is 8.42 Å². The SMILES string of the molecule is CCS(=O)(=O)C(Br)(Br)C(O)c1ccc(N)cc1. The number of benzene rings is 1. The third-order valence-corrected chi connectivity index (χ3v) is 8.00. The fourth-order valence-electron chi connectivity index (χ4n) is 1.23. The lowest BCUT2D eigenvalue weighted by Gasteiger charge is -2.26. The van der Waals surface area contributed by atoms with Crippen LogP contribution >= 0.6 is 31.9 Å². The summed E-state index contributed by atoms with van der Waals surface area (Å²) in [5.74, 6) is -0.0878. The highest BCUT2D eigenvalue weighted by Crippen LogP contribution is 2.44. The Hall–Kier alpha value is -0.110. The highest BCUT2D eigenvalue weighted by molar-refractivity contribution is 9.28. The molecular weight excluding hydrogens is 374 g/mol. The second kappa shape index (κ2) is 5.26. The van der Waals surface area contributed by atoms with E-state index in [9.17, 15) is 13.5 Å². The fraction of sp³-hybridized carbons (Fsp3) is 0.400. The summed E-state index contributed by atoms with van der Waals surface area (Å²) in [5, 5.41) is 10.1. The van der Waals surface area contributed by atoms with E-state index in [4.69, 9.17) is 5.73 Å². The second-order valence-electron chi connectivity index (χ2n) is 3.53. The Bertz CT molecular complexity index is 485. The van der Waals surface area contributed by atoms with Gasteiger partial charge in [-0.3, -0.25) is 0 Å². The average Bonchev–Trinajstić information content (AvgIpc) is 2.28. The molecule has 0 bridgehead atoms. The van der Waals surface area contributed by atoms with Gasteiger partial charge in [-0.05, 0) is 17.7 Å². The third-order valence-electron chi connectivity index (χ3n) is 2.37. The lowest BCUT2D eigenvalue weighted by atomic mass is 10.1. The maximum Gasteiger partial charge on any atom is 0.210 e. The van der Waals surface area contributed by atoms with Crippen molar-refractivity contribution in [3.63, 3.8) is 0 Å². The summed E-state index contributed by atoms with van der Waals surface area (Å²) < 4.78 is 22.1. The number of rotatable bonds is 4. The third kappa shape index (κ3) is 3.01. The van der Waals surface area contributed by atoms with Gasteiger partial charge in [0, 0.05) is 11.4 Å². The molecule has 7 heteroatoms. The van der Waals surface area contributed by atoms with Crippen LogP contribution in [0, 0.1) is 0 Å². The van der Waals surface area contributed by atoms with E-state index in [1.165, 1.54) is 6.92 Å². The monoisotopic (exact) mass is 385 g/mol. The molecule has 0 aliphatic heterocycles. The van der Waals surface area contributed by atoms with E-state index in [-0.39, 0.29) is 5.75 Å². The molecule has 0 aromatic heterocycles. The molecule has 0 heterocycles. The minimum atomic E-state index is -3.50. The number of aliphatic hydroxyl groups excluding tert-OH is 1. The molecule has 1 aromatic carbocycles.